The first kappa shape index (κ1) is 11.7. The summed E-state index contributed by atoms with van der Waals surface area (Å²) in [7, 11) is 0. The molecule has 88 valence electrons. The van der Waals surface area contributed by atoms with Gasteiger partial charge >= 0.3 is 0 Å². The molecule has 0 spiro atoms. The Bertz CT molecular complexity index is 540. The zero-order valence-electron chi connectivity index (χ0n) is 10.2. The molecule has 1 amide bonds. The SMILES string of the molecule is C#CCN1C(=O)C(C)(C)c2cc(F)c(C)cc21. The standard InChI is InChI=1S/C14H14FNO/c1-5-6-16-12-7-9(2)11(15)8-10(12)14(3,4)13(16)17/h1,7-8H,6H2,2-4H3. The highest BCUT2D eigenvalue weighted by atomic mass is 19.1. The quantitative estimate of drug-likeness (QED) is 0.680. The highest BCUT2D eigenvalue weighted by molar-refractivity contribution is 6.07. The summed E-state index contributed by atoms with van der Waals surface area (Å²) in [4.78, 5) is 13.7. The molecule has 1 aliphatic heterocycles. The third-order valence-electron chi connectivity index (χ3n) is 3.27. The van der Waals surface area contributed by atoms with E-state index >= 15 is 0 Å². The van der Waals surface area contributed by atoms with E-state index in [9.17, 15) is 9.18 Å². The van der Waals surface area contributed by atoms with Gasteiger partial charge in [0.2, 0.25) is 5.91 Å². The van der Waals surface area contributed by atoms with Gasteiger partial charge in [0.25, 0.3) is 0 Å². The van der Waals surface area contributed by atoms with Crippen molar-refractivity contribution in [2.75, 3.05) is 11.4 Å². The number of hydrogen-bond acceptors (Lipinski definition) is 1. The number of carbonyl (C=O) groups is 1. The van der Waals surface area contributed by atoms with E-state index in [1.54, 1.807) is 31.7 Å². The number of hydrogen-bond donors (Lipinski definition) is 0. The number of fused-ring (bicyclic) bond motifs is 1. The Hall–Kier alpha value is -1.82. The summed E-state index contributed by atoms with van der Waals surface area (Å²) in [5.74, 6) is 2.11. The van der Waals surface area contributed by atoms with Crippen molar-refractivity contribution in [3.8, 4) is 12.3 Å². The minimum atomic E-state index is -0.708. The number of carbonyl (C=O) groups excluding carboxylic acids is 1. The van der Waals surface area contributed by atoms with Crippen LogP contribution in [0.4, 0.5) is 10.1 Å². The molecule has 0 aromatic heterocycles. The summed E-state index contributed by atoms with van der Waals surface area (Å²) in [6.07, 6.45) is 5.27. The average molecular weight is 231 g/mol. The number of nitrogens with zero attached hydrogens (tertiary/aromatic N) is 1. The summed E-state index contributed by atoms with van der Waals surface area (Å²) >= 11 is 0. The van der Waals surface area contributed by atoms with Gasteiger partial charge in [0, 0.05) is 5.69 Å². The topological polar surface area (TPSA) is 20.3 Å². The molecule has 0 N–H and O–H groups in total. The van der Waals surface area contributed by atoms with Crippen molar-refractivity contribution in [2.45, 2.75) is 26.2 Å². The Morgan fingerprint density at radius 1 is 1.47 bits per heavy atom. The molecule has 0 radical (unpaired) electrons. The Balaban J connectivity index is 2.66. The summed E-state index contributed by atoms with van der Waals surface area (Å²) in [6.45, 7) is 5.48. The summed E-state index contributed by atoms with van der Waals surface area (Å²) in [5, 5.41) is 0. The van der Waals surface area contributed by atoms with Gasteiger partial charge in [0.15, 0.2) is 0 Å². The van der Waals surface area contributed by atoms with E-state index in [1.165, 1.54) is 6.07 Å². The van der Waals surface area contributed by atoms with E-state index in [4.69, 9.17) is 6.42 Å². The fraction of sp³-hybridized carbons (Fsp3) is 0.357. The molecule has 1 aromatic rings. The molecular weight excluding hydrogens is 217 g/mol. The van der Waals surface area contributed by atoms with Crippen LogP contribution in [0.25, 0.3) is 0 Å². The van der Waals surface area contributed by atoms with Crippen LogP contribution in [0.2, 0.25) is 0 Å². The van der Waals surface area contributed by atoms with Crippen LogP contribution in [0, 0.1) is 25.1 Å². The van der Waals surface area contributed by atoms with Crippen LogP contribution >= 0.6 is 0 Å². The van der Waals surface area contributed by atoms with Gasteiger partial charge in [0.05, 0.1) is 12.0 Å². The van der Waals surface area contributed by atoms with Gasteiger partial charge in [-0.1, -0.05) is 5.92 Å². The first-order valence-corrected chi connectivity index (χ1v) is 5.45. The molecule has 0 unspecified atom stereocenters. The van der Waals surface area contributed by atoms with Crippen LogP contribution in [-0.2, 0) is 10.2 Å². The van der Waals surface area contributed by atoms with Crippen molar-refractivity contribution in [3.63, 3.8) is 0 Å². The predicted molar refractivity (Wildman–Crippen MR) is 65.3 cm³/mol. The van der Waals surface area contributed by atoms with Crippen LogP contribution in [0.15, 0.2) is 12.1 Å². The molecule has 0 saturated heterocycles. The molecule has 17 heavy (non-hydrogen) atoms. The third kappa shape index (κ3) is 1.52. The number of amides is 1. The van der Waals surface area contributed by atoms with Crippen molar-refractivity contribution in [2.24, 2.45) is 0 Å². The Morgan fingerprint density at radius 2 is 2.12 bits per heavy atom. The summed E-state index contributed by atoms with van der Waals surface area (Å²) in [5.41, 5.74) is 1.26. The van der Waals surface area contributed by atoms with Crippen molar-refractivity contribution in [3.05, 3.63) is 29.1 Å². The molecule has 2 rings (SSSR count). The van der Waals surface area contributed by atoms with Crippen molar-refractivity contribution in [1.82, 2.24) is 0 Å². The highest BCUT2D eigenvalue weighted by Crippen LogP contribution is 2.42. The number of aryl methyl sites for hydroxylation is 1. The summed E-state index contributed by atoms with van der Waals surface area (Å²) < 4.78 is 13.6. The molecule has 2 nitrogen and oxygen atoms in total. The second kappa shape index (κ2) is 3.59. The van der Waals surface area contributed by atoms with Crippen LogP contribution < -0.4 is 4.90 Å². The van der Waals surface area contributed by atoms with Crippen LogP contribution in [0.5, 0.6) is 0 Å². The monoisotopic (exact) mass is 231 g/mol. The van der Waals surface area contributed by atoms with E-state index in [-0.39, 0.29) is 18.3 Å². The molecule has 0 saturated carbocycles. The molecule has 3 heteroatoms. The van der Waals surface area contributed by atoms with E-state index in [0.717, 1.165) is 5.69 Å². The van der Waals surface area contributed by atoms with Crippen molar-refractivity contribution in [1.29, 1.82) is 0 Å². The van der Waals surface area contributed by atoms with E-state index in [0.29, 0.717) is 11.1 Å². The second-order valence-electron chi connectivity index (χ2n) is 4.84. The summed E-state index contributed by atoms with van der Waals surface area (Å²) in [6, 6.07) is 3.13. The van der Waals surface area contributed by atoms with E-state index < -0.39 is 5.41 Å². The molecule has 0 fully saturated rings. The number of halogens is 1. The molecule has 0 bridgehead atoms. The second-order valence-corrected chi connectivity index (χ2v) is 4.84. The fourth-order valence-electron chi connectivity index (χ4n) is 2.20. The first-order valence-electron chi connectivity index (χ1n) is 5.45. The number of benzene rings is 1. The zero-order valence-corrected chi connectivity index (χ0v) is 10.2. The van der Waals surface area contributed by atoms with Gasteiger partial charge in [-0.05, 0) is 44.0 Å². The maximum atomic E-state index is 13.6. The largest absolute Gasteiger partial charge is 0.300 e. The van der Waals surface area contributed by atoms with Crippen molar-refractivity contribution >= 4 is 11.6 Å². The minimum Gasteiger partial charge on any atom is -0.300 e. The van der Waals surface area contributed by atoms with Gasteiger partial charge < -0.3 is 0 Å². The Kier molecular flexibility index (Phi) is 2.46. The van der Waals surface area contributed by atoms with Gasteiger partial charge in [-0.25, -0.2) is 4.39 Å². The minimum absolute atomic E-state index is 0.0737. The Labute approximate surface area is 100 Å². The van der Waals surface area contributed by atoms with Gasteiger partial charge in [-0.15, -0.1) is 6.42 Å². The Morgan fingerprint density at radius 3 is 2.71 bits per heavy atom. The number of rotatable bonds is 1. The lowest BCUT2D eigenvalue weighted by atomic mass is 9.86. The average Bonchev–Trinajstić information content (AvgIpc) is 2.43. The molecule has 1 heterocycles. The van der Waals surface area contributed by atoms with E-state index in [2.05, 4.69) is 5.92 Å². The lowest BCUT2D eigenvalue weighted by molar-refractivity contribution is -0.121. The number of anilines is 1. The van der Waals surface area contributed by atoms with Crippen LogP contribution in [0.1, 0.15) is 25.0 Å². The van der Waals surface area contributed by atoms with Crippen LogP contribution in [0.3, 0.4) is 0 Å². The zero-order chi connectivity index (χ0) is 12.8. The maximum absolute atomic E-state index is 13.6. The molecule has 0 atom stereocenters. The molecule has 1 aliphatic rings. The third-order valence-corrected chi connectivity index (χ3v) is 3.27. The first-order chi connectivity index (χ1) is 7.89. The van der Waals surface area contributed by atoms with Gasteiger partial charge in [0.1, 0.15) is 5.82 Å². The smallest absolute Gasteiger partial charge is 0.238 e. The molecule has 1 aromatic carbocycles. The lowest BCUT2D eigenvalue weighted by Gasteiger charge is -2.18. The van der Waals surface area contributed by atoms with Crippen molar-refractivity contribution < 1.29 is 9.18 Å². The lowest BCUT2D eigenvalue weighted by Crippen LogP contribution is -2.36. The van der Waals surface area contributed by atoms with Crippen LogP contribution in [-0.4, -0.2) is 12.5 Å². The molecule has 0 aliphatic carbocycles. The van der Waals surface area contributed by atoms with E-state index in [1.807, 2.05) is 0 Å². The highest BCUT2D eigenvalue weighted by Gasteiger charge is 2.43. The fourth-order valence-corrected chi connectivity index (χ4v) is 2.20. The molecular formula is C14H14FNO. The van der Waals surface area contributed by atoms with Gasteiger partial charge in [-0.3, -0.25) is 9.69 Å². The van der Waals surface area contributed by atoms with Gasteiger partial charge in [-0.2, -0.15) is 0 Å². The maximum Gasteiger partial charge on any atom is 0.238 e. The predicted octanol–water partition coefficient (Wildman–Crippen LogP) is 2.39. The number of terminal acetylenes is 1. The normalized spacial score (nSPS) is 16.9.